The number of hydrogen-bond donors (Lipinski definition) is 0. The van der Waals surface area contributed by atoms with E-state index in [-0.39, 0.29) is 5.97 Å². The van der Waals surface area contributed by atoms with Crippen LogP contribution in [0.15, 0.2) is 24.3 Å². The van der Waals surface area contributed by atoms with Gasteiger partial charge in [-0.3, -0.25) is 0 Å². The average molecular weight is 204 g/mol. The normalized spacial score (nSPS) is 9.87. The molecule has 0 aromatic heterocycles. The van der Waals surface area contributed by atoms with Gasteiger partial charge in [-0.05, 0) is 50.5 Å². The van der Waals surface area contributed by atoms with Crippen LogP contribution in [0.25, 0.3) is 0 Å². The van der Waals surface area contributed by atoms with E-state index in [0.717, 1.165) is 11.1 Å². The van der Waals surface area contributed by atoms with Crippen molar-refractivity contribution in [1.82, 2.24) is 0 Å². The number of ether oxygens (including phenoxy) is 1. The molecule has 0 atom stereocenters. The Bertz CT molecular complexity index is 417. The van der Waals surface area contributed by atoms with E-state index in [1.165, 1.54) is 5.56 Å². The second-order valence-electron chi connectivity index (χ2n) is 3.80. The van der Waals surface area contributed by atoms with Crippen LogP contribution >= 0.6 is 0 Å². The zero-order valence-electron chi connectivity index (χ0n) is 9.68. The lowest BCUT2D eigenvalue weighted by Crippen LogP contribution is -2.09. The van der Waals surface area contributed by atoms with Crippen LogP contribution in [0, 0.1) is 20.8 Å². The second-order valence-corrected chi connectivity index (χ2v) is 3.80. The Kier molecular flexibility index (Phi) is 3.30. The summed E-state index contributed by atoms with van der Waals surface area (Å²) in [6.07, 6.45) is 0. The summed E-state index contributed by atoms with van der Waals surface area (Å²) in [6, 6.07) is 3.77. The van der Waals surface area contributed by atoms with Crippen LogP contribution < -0.4 is 4.74 Å². The van der Waals surface area contributed by atoms with E-state index in [9.17, 15) is 4.79 Å². The molecule has 0 saturated carbocycles. The number of aryl methyl sites for hydroxylation is 1. The maximum Gasteiger partial charge on any atom is 0.338 e. The fourth-order valence-electron chi connectivity index (χ4n) is 1.23. The third-order valence-electron chi connectivity index (χ3n) is 2.56. The van der Waals surface area contributed by atoms with E-state index < -0.39 is 0 Å². The lowest BCUT2D eigenvalue weighted by Gasteiger charge is -2.11. The average Bonchev–Trinajstić information content (AvgIpc) is 2.18. The number of carbonyl (C=O) groups is 1. The molecule has 0 aliphatic carbocycles. The fourth-order valence-corrected chi connectivity index (χ4v) is 1.23. The van der Waals surface area contributed by atoms with Crippen LogP contribution in [0.1, 0.15) is 23.6 Å². The number of esters is 1. The van der Waals surface area contributed by atoms with Gasteiger partial charge in [0.15, 0.2) is 0 Å². The molecule has 1 aromatic rings. The molecule has 0 heterocycles. The van der Waals surface area contributed by atoms with Crippen molar-refractivity contribution in [1.29, 1.82) is 0 Å². The van der Waals surface area contributed by atoms with Crippen LogP contribution in [0.4, 0.5) is 0 Å². The van der Waals surface area contributed by atoms with Gasteiger partial charge in [-0.25, -0.2) is 4.79 Å². The van der Waals surface area contributed by atoms with E-state index in [1.807, 2.05) is 32.9 Å². The highest BCUT2D eigenvalue weighted by Crippen LogP contribution is 2.24. The van der Waals surface area contributed by atoms with Crippen LogP contribution in [-0.2, 0) is 4.79 Å². The van der Waals surface area contributed by atoms with Crippen molar-refractivity contribution in [2.45, 2.75) is 27.7 Å². The minimum atomic E-state index is -0.374. The summed E-state index contributed by atoms with van der Waals surface area (Å²) in [5, 5.41) is 0. The van der Waals surface area contributed by atoms with Gasteiger partial charge in [-0.1, -0.05) is 12.6 Å². The maximum atomic E-state index is 11.3. The van der Waals surface area contributed by atoms with Crippen molar-refractivity contribution in [2.24, 2.45) is 0 Å². The van der Waals surface area contributed by atoms with Crippen LogP contribution in [0.2, 0.25) is 0 Å². The summed E-state index contributed by atoms with van der Waals surface area (Å²) in [4.78, 5) is 11.3. The Morgan fingerprint density at radius 2 is 1.80 bits per heavy atom. The minimum Gasteiger partial charge on any atom is -0.423 e. The summed E-state index contributed by atoms with van der Waals surface area (Å²) in [5.74, 6) is 0.243. The lowest BCUT2D eigenvalue weighted by atomic mass is 10.0. The van der Waals surface area contributed by atoms with Gasteiger partial charge in [0.2, 0.25) is 0 Å². The van der Waals surface area contributed by atoms with E-state index in [2.05, 4.69) is 6.58 Å². The summed E-state index contributed by atoms with van der Waals surface area (Å²) in [5.41, 5.74) is 3.77. The highest BCUT2D eigenvalue weighted by atomic mass is 16.5. The first-order valence-electron chi connectivity index (χ1n) is 4.88. The molecule has 2 heteroatoms. The van der Waals surface area contributed by atoms with Gasteiger partial charge in [0, 0.05) is 5.57 Å². The zero-order chi connectivity index (χ0) is 11.6. The minimum absolute atomic E-state index is 0.374. The van der Waals surface area contributed by atoms with Crippen molar-refractivity contribution >= 4 is 5.97 Å². The SMILES string of the molecule is C=C(C)C(=O)Oc1ccc(C)c(C)c1C. The quantitative estimate of drug-likeness (QED) is 0.420. The zero-order valence-corrected chi connectivity index (χ0v) is 9.68. The topological polar surface area (TPSA) is 26.3 Å². The smallest absolute Gasteiger partial charge is 0.338 e. The molecule has 0 N–H and O–H groups in total. The Labute approximate surface area is 90.6 Å². The molecule has 0 aliphatic rings. The van der Waals surface area contributed by atoms with Crippen LogP contribution in [0.3, 0.4) is 0 Å². The Balaban J connectivity index is 3.02. The molecule has 2 nitrogen and oxygen atoms in total. The molecule has 15 heavy (non-hydrogen) atoms. The molecular formula is C13H16O2. The summed E-state index contributed by atoms with van der Waals surface area (Å²) in [6.45, 7) is 11.2. The first kappa shape index (κ1) is 11.5. The first-order valence-corrected chi connectivity index (χ1v) is 4.88. The lowest BCUT2D eigenvalue weighted by molar-refractivity contribution is -0.130. The third-order valence-corrected chi connectivity index (χ3v) is 2.56. The first-order chi connectivity index (χ1) is 6.93. The summed E-state index contributed by atoms with van der Waals surface area (Å²) >= 11 is 0. The molecule has 0 radical (unpaired) electrons. The molecule has 0 spiro atoms. The molecule has 0 bridgehead atoms. The van der Waals surface area contributed by atoms with Crippen LogP contribution in [0.5, 0.6) is 5.75 Å². The van der Waals surface area contributed by atoms with Gasteiger partial charge in [0.05, 0.1) is 0 Å². The van der Waals surface area contributed by atoms with E-state index >= 15 is 0 Å². The maximum absolute atomic E-state index is 11.3. The van der Waals surface area contributed by atoms with Crippen molar-refractivity contribution in [3.63, 3.8) is 0 Å². The summed E-state index contributed by atoms with van der Waals surface area (Å²) in [7, 11) is 0. The third kappa shape index (κ3) is 2.46. The van der Waals surface area contributed by atoms with Crippen molar-refractivity contribution < 1.29 is 9.53 Å². The van der Waals surface area contributed by atoms with Gasteiger partial charge in [0.25, 0.3) is 0 Å². The summed E-state index contributed by atoms with van der Waals surface area (Å²) < 4.78 is 5.20. The van der Waals surface area contributed by atoms with Crippen LogP contribution in [-0.4, -0.2) is 5.97 Å². The number of hydrogen-bond acceptors (Lipinski definition) is 2. The number of benzene rings is 1. The van der Waals surface area contributed by atoms with Crippen molar-refractivity contribution in [3.8, 4) is 5.75 Å². The molecule has 1 aromatic carbocycles. The van der Waals surface area contributed by atoms with Gasteiger partial charge in [0.1, 0.15) is 5.75 Å². The Hall–Kier alpha value is -1.57. The molecule has 0 aliphatic heterocycles. The van der Waals surface area contributed by atoms with Crippen molar-refractivity contribution in [2.75, 3.05) is 0 Å². The Morgan fingerprint density at radius 1 is 1.20 bits per heavy atom. The van der Waals surface area contributed by atoms with Gasteiger partial charge >= 0.3 is 5.97 Å². The molecule has 80 valence electrons. The largest absolute Gasteiger partial charge is 0.423 e. The molecule has 0 fully saturated rings. The van der Waals surface area contributed by atoms with Gasteiger partial charge < -0.3 is 4.74 Å². The van der Waals surface area contributed by atoms with Gasteiger partial charge in [-0.2, -0.15) is 0 Å². The number of rotatable bonds is 2. The highest BCUT2D eigenvalue weighted by molar-refractivity contribution is 5.89. The molecule has 0 amide bonds. The van der Waals surface area contributed by atoms with Crippen molar-refractivity contribution in [3.05, 3.63) is 41.0 Å². The fraction of sp³-hybridized carbons (Fsp3) is 0.308. The van der Waals surface area contributed by atoms with Gasteiger partial charge in [-0.15, -0.1) is 0 Å². The predicted octanol–water partition coefficient (Wildman–Crippen LogP) is 3.09. The standard InChI is InChI=1S/C13H16O2/c1-8(2)13(14)15-12-7-6-9(3)10(4)11(12)5/h6-7H,1H2,2-5H3. The van der Waals surface area contributed by atoms with E-state index in [1.54, 1.807) is 6.92 Å². The van der Waals surface area contributed by atoms with E-state index in [0.29, 0.717) is 11.3 Å². The molecule has 0 unspecified atom stereocenters. The second kappa shape index (κ2) is 4.30. The molecule has 1 rings (SSSR count). The molecule has 0 saturated heterocycles. The Morgan fingerprint density at radius 3 is 2.33 bits per heavy atom. The molecular weight excluding hydrogens is 188 g/mol. The monoisotopic (exact) mass is 204 g/mol. The highest BCUT2D eigenvalue weighted by Gasteiger charge is 2.09. The van der Waals surface area contributed by atoms with E-state index in [4.69, 9.17) is 4.74 Å². The predicted molar refractivity (Wildman–Crippen MR) is 61.1 cm³/mol. The number of carbonyl (C=O) groups excluding carboxylic acids is 1.